The van der Waals surface area contributed by atoms with Crippen molar-refractivity contribution < 1.29 is 14.4 Å². The molecule has 4 unspecified atom stereocenters. The Hall–Kier alpha value is -2.41. The largest absolute Gasteiger partial charge is 0.369 e. The molecule has 2 aliphatic heterocycles. The third kappa shape index (κ3) is 5.14. The molecule has 32 heavy (non-hydrogen) atoms. The molecule has 174 valence electrons. The number of nitrogens with zero attached hydrogens (tertiary/aromatic N) is 2. The number of carbonyl (C=O) groups is 3. The lowest BCUT2D eigenvalue weighted by Gasteiger charge is -2.33. The summed E-state index contributed by atoms with van der Waals surface area (Å²) in [6.07, 6.45) is 7.84. The molecule has 7 nitrogen and oxygen atoms in total. The predicted octanol–water partition coefficient (Wildman–Crippen LogP) is 2.16. The van der Waals surface area contributed by atoms with Crippen LogP contribution in [0.15, 0.2) is 30.3 Å². The van der Waals surface area contributed by atoms with Crippen LogP contribution in [-0.4, -0.2) is 65.8 Å². The number of piperidine rings is 1. The van der Waals surface area contributed by atoms with Gasteiger partial charge in [-0.25, -0.2) is 0 Å². The average molecular weight is 441 g/mol. The molecule has 0 radical (unpaired) electrons. The number of primary amides is 1. The van der Waals surface area contributed by atoms with Gasteiger partial charge in [0.25, 0.3) is 5.91 Å². The summed E-state index contributed by atoms with van der Waals surface area (Å²) in [4.78, 5) is 42.1. The second kappa shape index (κ2) is 10.5. The van der Waals surface area contributed by atoms with E-state index in [1.165, 1.54) is 6.42 Å². The molecule has 0 aromatic heterocycles. The molecule has 0 bridgehead atoms. The fourth-order valence-electron chi connectivity index (χ4n) is 5.84. The molecule has 7 heteroatoms. The molecular weight excluding hydrogens is 404 g/mol. The monoisotopic (exact) mass is 440 g/mol. The van der Waals surface area contributed by atoms with Crippen LogP contribution < -0.4 is 11.1 Å². The Balaban J connectivity index is 1.33. The molecular formula is C25H36N4O3. The Kier molecular flexibility index (Phi) is 7.45. The van der Waals surface area contributed by atoms with Crippen LogP contribution in [0.5, 0.6) is 0 Å². The number of benzene rings is 1. The van der Waals surface area contributed by atoms with E-state index in [0.29, 0.717) is 24.6 Å². The lowest BCUT2D eigenvalue weighted by Crippen LogP contribution is -2.50. The first-order valence-electron chi connectivity index (χ1n) is 12.2. The fourth-order valence-corrected chi connectivity index (χ4v) is 5.84. The second-order valence-corrected chi connectivity index (χ2v) is 9.63. The van der Waals surface area contributed by atoms with E-state index in [2.05, 4.69) is 10.2 Å². The molecule has 1 aromatic rings. The number of carbonyl (C=O) groups excluding carboxylic acids is 3. The molecule has 1 aromatic carbocycles. The number of nitrogens with two attached hydrogens (primary N) is 1. The van der Waals surface area contributed by atoms with Gasteiger partial charge in [-0.3, -0.25) is 14.4 Å². The van der Waals surface area contributed by atoms with E-state index < -0.39 is 0 Å². The Labute approximate surface area is 190 Å². The second-order valence-electron chi connectivity index (χ2n) is 9.63. The molecule has 3 amide bonds. The maximum atomic E-state index is 13.3. The number of hydrogen-bond acceptors (Lipinski definition) is 4. The van der Waals surface area contributed by atoms with Crippen molar-refractivity contribution in [3.63, 3.8) is 0 Å². The summed E-state index contributed by atoms with van der Waals surface area (Å²) in [5, 5.41) is 3.09. The summed E-state index contributed by atoms with van der Waals surface area (Å²) >= 11 is 0. The van der Waals surface area contributed by atoms with Crippen LogP contribution in [0.3, 0.4) is 0 Å². The first-order chi connectivity index (χ1) is 15.5. The Bertz CT molecular complexity index is 815. The number of rotatable bonds is 7. The van der Waals surface area contributed by atoms with Crippen LogP contribution in [-0.2, 0) is 9.59 Å². The normalized spacial score (nSPS) is 28.2. The summed E-state index contributed by atoms with van der Waals surface area (Å²) in [6, 6.07) is 9.12. The van der Waals surface area contributed by atoms with Crippen LogP contribution in [0, 0.1) is 11.8 Å². The van der Waals surface area contributed by atoms with Crippen LogP contribution in [0.25, 0.3) is 0 Å². The van der Waals surface area contributed by atoms with Gasteiger partial charge in [0.2, 0.25) is 11.8 Å². The Morgan fingerprint density at radius 2 is 1.81 bits per heavy atom. The molecule has 1 saturated carbocycles. The number of likely N-dealkylation sites (tertiary alicyclic amines) is 2. The van der Waals surface area contributed by atoms with Crippen molar-refractivity contribution in [3.8, 4) is 0 Å². The molecule has 1 aliphatic carbocycles. The Morgan fingerprint density at radius 1 is 1.03 bits per heavy atom. The third-order valence-electron chi connectivity index (χ3n) is 7.50. The van der Waals surface area contributed by atoms with Gasteiger partial charge in [-0.05, 0) is 69.7 Å². The molecule has 2 saturated heterocycles. The van der Waals surface area contributed by atoms with Crippen molar-refractivity contribution in [2.24, 2.45) is 17.6 Å². The smallest absolute Gasteiger partial charge is 0.254 e. The van der Waals surface area contributed by atoms with E-state index in [1.807, 2.05) is 35.2 Å². The van der Waals surface area contributed by atoms with Gasteiger partial charge in [0.1, 0.15) is 6.04 Å². The maximum Gasteiger partial charge on any atom is 0.254 e. The van der Waals surface area contributed by atoms with Gasteiger partial charge in [-0.1, -0.05) is 31.0 Å². The Morgan fingerprint density at radius 3 is 2.59 bits per heavy atom. The lowest BCUT2D eigenvalue weighted by atomic mass is 9.84. The van der Waals surface area contributed by atoms with E-state index in [-0.39, 0.29) is 35.7 Å². The summed E-state index contributed by atoms with van der Waals surface area (Å²) in [6.45, 7) is 3.11. The first-order valence-corrected chi connectivity index (χ1v) is 12.2. The van der Waals surface area contributed by atoms with Crippen LogP contribution >= 0.6 is 0 Å². The summed E-state index contributed by atoms with van der Waals surface area (Å²) in [5.41, 5.74) is 6.13. The standard InChI is InChI=1S/C25H36N4O3/c26-23(30)20-11-6-14-28(17-20)15-7-13-27-24(31)22-16-19-10-4-5-12-21(19)29(22)25(32)18-8-2-1-3-9-18/h1-3,8-9,19-22H,4-7,10-17H2,(H2,26,30)(H,27,31). The van der Waals surface area contributed by atoms with Gasteiger partial charge in [-0.15, -0.1) is 0 Å². The van der Waals surface area contributed by atoms with Crippen molar-refractivity contribution >= 4 is 17.7 Å². The highest BCUT2D eigenvalue weighted by molar-refractivity contribution is 5.98. The van der Waals surface area contributed by atoms with Crippen LogP contribution in [0.4, 0.5) is 0 Å². The maximum absolute atomic E-state index is 13.3. The minimum absolute atomic E-state index is 0.0223. The van der Waals surface area contributed by atoms with Crippen molar-refractivity contribution in [1.82, 2.24) is 15.1 Å². The van der Waals surface area contributed by atoms with Gasteiger partial charge in [0.15, 0.2) is 0 Å². The van der Waals surface area contributed by atoms with Gasteiger partial charge in [0, 0.05) is 24.7 Å². The van der Waals surface area contributed by atoms with Gasteiger partial charge < -0.3 is 20.9 Å². The van der Waals surface area contributed by atoms with E-state index in [9.17, 15) is 14.4 Å². The highest BCUT2D eigenvalue weighted by Gasteiger charge is 2.47. The summed E-state index contributed by atoms with van der Waals surface area (Å²) in [7, 11) is 0. The fraction of sp³-hybridized carbons (Fsp3) is 0.640. The van der Waals surface area contributed by atoms with Gasteiger partial charge >= 0.3 is 0 Å². The van der Waals surface area contributed by atoms with Crippen molar-refractivity contribution in [2.75, 3.05) is 26.2 Å². The SMILES string of the molecule is NC(=O)C1CCCN(CCCNC(=O)C2CC3CCCCC3N2C(=O)c2ccccc2)C1. The lowest BCUT2D eigenvalue weighted by molar-refractivity contribution is -0.125. The number of amides is 3. The zero-order valence-corrected chi connectivity index (χ0v) is 18.9. The molecule has 3 fully saturated rings. The zero-order chi connectivity index (χ0) is 22.5. The zero-order valence-electron chi connectivity index (χ0n) is 18.9. The van der Waals surface area contributed by atoms with Gasteiger partial charge in [-0.2, -0.15) is 0 Å². The summed E-state index contributed by atoms with van der Waals surface area (Å²) < 4.78 is 0. The van der Waals surface area contributed by atoms with Crippen molar-refractivity contribution in [3.05, 3.63) is 35.9 Å². The molecule has 3 aliphatic rings. The minimum atomic E-state index is -0.384. The number of nitrogens with one attached hydrogen (secondary N) is 1. The first kappa shape index (κ1) is 22.8. The minimum Gasteiger partial charge on any atom is -0.369 e. The molecule has 2 heterocycles. The quantitative estimate of drug-likeness (QED) is 0.635. The van der Waals surface area contributed by atoms with E-state index in [1.54, 1.807) is 0 Å². The van der Waals surface area contributed by atoms with Gasteiger partial charge in [0.05, 0.1) is 5.92 Å². The predicted molar refractivity (Wildman–Crippen MR) is 123 cm³/mol. The van der Waals surface area contributed by atoms with Crippen molar-refractivity contribution in [1.29, 1.82) is 0 Å². The van der Waals surface area contributed by atoms with E-state index in [4.69, 9.17) is 5.73 Å². The van der Waals surface area contributed by atoms with E-state index in [0.717, 1.165) is 58.0 Å². The highest BCUT2D eigenvalue weighted by Crippen LogP contribution is 2.40. The summed E-state index contributed by atoms with van der Waals surface area (Å²) in [5.74, 6) is 0.0983. The molecule has 4 atom stereocenters. The third-order valence-corrected chi connectivity index (χ3v) is 7.50. The average Bonchev–Trinajstić information content (AvgIpc) is 3.21. The highest BCUT2D eigenvalue weighted by atomic mass is 16.2. The van der Waals surface area contributed by atoms with Crippen LogP contribution in [0.2, 0.25) is 0 Å². The van der Waals surface area contributed by atoms with E-state index >= 15 is 0 Å². The molecule has 0 spiro atoms. The topological polar surface area (TPSA) is 95.7 Å². The molecule has 3 N–H and O–H groups in total. The van der Waals surface area contributed by atoms with Crippen molar-refractivity contribution in [2.45, 2.75) is 63.5 Å². The number of hydrogen-bond donors (Lipinski definition) is 2. The van der Waals surface area contributed by atoms with Crippen LogP contribution in [0.1, 0.15) is 61.7 Å². The number of fused-ring (bicyclic) bond motifs is 1. The molecule has 4 rings (SSSR count).